The van der Waals surface area contributed by atoms with Gasteiger partial charge in [-0.25, -0.2) is 9.97 Å². The Bertz CT molecular complexity index is 703. The summed E-state index contributed by atoms with van der Waals surface area (Å²) in [4.78, 5) is 22.4. The largest absolute Gasteiger partial charge is 0.369 e. The monoisotopic (exact) mass is 311 g/mol. The smallest absolute Gasteiger partial charge is 0.231 e. The van der Waals surface area contributed by atoms with Gasteiger partial charge >= 0.3 is 0 Å². The molecule has 0 radical (unpaired) electrons. The van der Waals surface area contributed by atoms with Crippen LogP contribution in [0.5, 0.6) is 0 Å². The summed E-state index contributed by atoms with van der Waals surface area (Å²) in [6, 6.07) is 11.9. The summed E-state index contributed by atoms with van der Waals surface area (Å²) < 4.78 is 0. The highest BCUT2D eigenvalue weighted by Gasteiger charge is 2.28. The lowest BCUT2D eigenvalue weighted by molar-refractivity contribution is -0.119. The molecule has 1 atom stereocenters. The third-order valence-electron chi connectivity index (χ3n) is 3.98. The first-order valence-electron chi connectivity index (χ1n) is 7.82. The summed E-state index contributed by atoms with van der Waals surface area (Å²) in [7, 11) is 0. The van der Waals surface area contributed by atoms with Crippen LogP contribution in [-0.4, -0.2) is 33.9 Å². The molecule has 1 saturated heterocycles. The van der Waals surface area contributed by atoms with E-state index in [4.69, 9.17) is 10.7 Å². The maximum absolute atomic E-state index is 11.2. The van der Waals surface area contributed by atoms with Crippen LogP contribution in [0.1, 0.15) is 30.3 Å². The Hall–Kier alpha value is -2.47. The van der Waals surface area contributed by atoms with Crippen molar-refractivity contribution in [1.29, 1.82) is 0 Å². The van der Waals surface area contributed by atoms with Crippen LogP contribution in [0.25, 0.3) is 0 Å². The zero-order valence-electron chi connectivity index (χ0n) is 13.2. The minimum atomic E-state index is -0.296. The van der Waals surface area contributed by atoms with Crippen LogP contribution in [0.2, 0.25) is 0 Å². The normalized spacial score (nSPS) is 18.0. The number of nitrogens with two attached hydrogens (primary N) is 1. The second kappa shape index (κ2) is 6.75. The second-order valence-corrected chi connectivity index (χ2v) is 5.83. The fraction of sp³-hybridized carbons (Fsp3) is 0.353. The van der Waals surface area contributed by atoms with E-state index in [0.717, 1.165) is 42.4 Å². The van der Waals surface area contributed by atoms with E-state index in [0.29, 0.717) is 0 Å². The van der Waals surface area contributed by atoms with Crippen molar-refractivity contribution in [2.24, 2.45) is 5.73 Å². The first-order valence-corrected chi connectivity index (χ1v) is 7.82. The first kappa shape index (κ1) is 15.4. The predicted octanol–water partition coefficient (Wildman–Crippen LogP) is 2.15. The number of carbonyl (C=O) groups excluding carboxylic acids is 1. The number of nitrogens with one attached hydrogen (secondary N) is 1. The van der Waals surface area contributed by atoms with Gasteiger partial charge in [-0.1, -0.05) is 12.1 Å². The highest BCUT2D eigenvalue weighted by atomic mass is 16.1. The first-order chi connectivity index (χ1) is 11.1. The van der Waals surface area contributed by atoms with E-state index < -0.39 is 0 Å². The van der Waals surface area contributed by atoms with E-state index in [2.05, 4.69) is 15.2 Å². The minimum Gasteiger partial charge on any atom is -0.369 e. The van der Waals surface area contributed by atoms with Crippen LogP contribution in [0.15, 0.2) is 36.4 Å². The van der Waals surface area contributed by atoms with Crippen molar-refractivity contribution in [3.63, 3.8) is 0 Å². The van der Waals surface area contributed by atoms with Gasteiger partial charge in [0.05, 0.1) is 18.3 Å². The van der Waals surface area contributed by atoms with Gasteiger partial charge in [-0.05, 0) is 50.6 Å². The van der Waals surface area contributed by atoms with Gasteiger partial charge in [-0.3, -0.25) is 9.69 Å². The number of aryl methyl sites for hydroxylation is 1. The Morgan fingerprint density at radius 1 is 1.26 bits per heavy atom. The van der Waals surface area contributed by atoms with Crippen molar-refractivity contribution < 1.29 is 4.79 Å². The molecule has 0 aromatic carbocycles. The molecule has 1 amide bonds. The number of hydrogen-bond donors (Lipinski definition) is 2. The molecule has 0 saturated carbocycles. The highest BCUT2D eigenvalue weighted by Crippen LogP contribution is 2.31. The Morgan fingerprint density at radius 2 is 2.00 bits per heavy atom. The number of nitrogens with zero attached hydrogens (tertiary/aromatic N) is 3. The lowest BCUT2D eigenvalue weighted by atomic mass is 10.1. The van der Waals surface area contributed by atoms with Crippen LogP contribution in [-0.2, 0) is 4.79 Å². The molecule has 1 fully saturated rings. The number of rotatable bonds is 5. The molecule has 0 unspecified atom stereocenters. The summed E-state index contributed by atoms with van der Waals surface area (Å²) in [5.41, 5.74) is 7.25. The van der Waals surface area contributed by atoms with Gasteiger partial charge in [0.1, 0.15) is 11.6 Å². The molecular weight excluding hydrogens is 290 g/mol. The van der Waals surface area contributed by atoms with Gasteiger partial charge < -0.3 is 11.1 Å². The van der Waals surface area contributed by atoms with E-state index in [1.54, 1.807) is 0 Å². The molecule has 6 heteroatoms. The molecule has 23 heavy (non-hydrogen) atoms. The molecule has 1 aliphatic rings. The minimum absolute atomic E-state index is 0.148. The molecule has 0 bridgehead atoms. The Balaban J connectivity index is 1.78. The Labute approximate surface area is 135 Å². The fourth-order valence-corrected chi connectivity index (χ4v) is 3.00. The molecule has 0 spiro atoms. The Kier molecular flexibility index (Phi) is 4.52. The third kappa shape index (κ3) is 3.84. The molecule has 3 rings (SSSR count). The zero-order chi connectivity index (χ0) is 16.2. The number of hydrogen-bond acceptors (Lipinski definition) is 5. The molecule has 0 aliphatic carbocycles. The average molecular weight is 311 g/mol. The third-order valence-corrected chi connectivity index (χ3v) is 3.98. The topological polar surface area (TPSA) is 84.1 Å². The number of amides is 1. The van der Waals surface area contributed by atoms with E-state index in [9.17, 15) is 4.79 Å². The quantitative estimate of drug-likeness (QED) is 0.884. The fourth-order valence-electron chi connectivity index (χ4n) is 3.00. The SMILES string of the molecule is Cc1cccc(Nc2cccc([C@H]3CCCN3CC(N)=O)n2)n1. The maximum Gasteiger partial charge on any atom is 0.231 e. The lowest BCUT2D eigenvalue weighted by Crippen LogP contribution is -2.33. The number of anilines is 2. The van der Waals surface area contributed by atoms with Gasteiger partial charge in [-0.2, -0.15) is 0 Å². The molecule has 3 heterocycles. The summed E-state index contributed by atoms with van der Waals surface area (Å²) in [5.74, 6) is 1.23. The van der Waals surface area contributed by atoms with Crippen molar-refractivity contribution >= 4 is 17.5 Å². The molecule has 120 valence electrons. The van der Waals surface area contributed by atoms with Crippen molar-refractivity contribution in [3.8, 4) is 0 Å². The van der Waals surface area contributed by atoms with Gasteiger partial charge in [-0.15, -0.1) is 0 Å². The van der Waals surface area contributed by atoms with Gasteiger partial charge in [0, 0.05) is 5.69 Å². The van der Waals surface area contributed by atoms with Crippen LogP contribution < -0.4 is 11.1 Å². The second-order valence-electron chi connectivity index (χ2n) is 5.83. The van der Waals surface area contributed by atoms with Gasteiger partial charge in [0.25, 0.3) is 0 Å². The average Bonchev–Trinajstić information content (AvgIpc) is 2.95. The highest BCUT2D eigenvalue weighted by molar-refractivity contribution is 5.76. The molecule has 6 nitrogen and oxygen atoms in total. The number of aromatic nitrogens is 2. The molecule has 2 aromatic heterocycles. The van der Waals surface area contributed by atoms with Crippen molar-refractivity contribution in [2.45, 2.75) is 25.8 Å². The summed E-state index contributed by atoms with van der Waals surface area (Å²) in [6.07, 6.45) is 2.04. The Morgan fingerprint density at radius 3 is 2.74 bits per heavy atom. The molecular formula is C17H21N5O. The molecule has 2 aromatic rings. The maximum atomic E-state index is 11.2. The summed E-state index contributed by atoms with van der Waals surface area (Å²) in [5, 5.41) is 3.23. The zero-order valence-corrected chi connectivity index (χ0v) is 13.2. The van der Waals surface area contributed by atoms with Crippen LogP contribution in [0.4, 0.5) is 11.6 Å². The van der Waals surface area contributed by atoms with E-state index >= 15 is 0 Å². The van der Waals surface area contributed by atoms with E-state index in [1.165, 1.54) is 0 Å². The summed E-state index contributed by atoms with van der Waals surface area (Å²) in [6.45, 7) is 3.12. The number of primary amides is 1. The standard InChI is InChI=1S/C17H21N5O/c1-12-5-2-8-16(19-12)21-17-9-3-6-13(20-17)14-7-4-10-22(14)11-15(18)23/h2-3,5-6,8-9,14H,4,7,10-11H2,1H3,(H2,18,23)(H,19,20,21)/t14-/m1/s1. The van der Waals surface area contributed by atoms with Crippen molar-refractivity contribution in [1.82, 2.24) is 14.9 Å². The van der Waals surface area contributed by atoms with Crippen LogP contribution >= 0.6 is 0 Å². The number of carbonyl (C=O) groups is 1. The van der Waals surface area contributed by atoms with Crippen LogP contribution in [0.3, 0.4) is 0 Å². The van der Waals surface area contributed by atoms with Crippen molar-refractivity contribution in [2.75, 3.05) is 18.4 Å². The van der Waals surface area contributed by atoms with E-state index in [-0.39, 0.29) is 18.5 Å². The summed E-state index contributed by atoms with van der Waals surface area (Å²) >= 11 is 0. The van der Waals surface area contributed by atoms with E-state index in [1.807, 2.05) is 43.3 Å². The van der Waals surface area contributed by atoms with Gasteiger partial charge in [0.15, 0.2) is 0 Å². The molecule has 1 aliphatic heterocycles. The van der Waals surface area contributed by atoms with Crippen LogP contribution in [0, 0.1) is 6.92 Å². The predicted molar refractivity (Wildman–Crippen MR) is 89.2 cm³/mol. The number of likely N-dealkylation sites (tertiary alicyclic amines) is 1. The number of pyridine rings is 2. The molecule has 3 N–H and O–H groups in total. The lowest BCUT2D eigenvalue weighted by Gasteiger charge is -2.22. The van der Waals surface area contributed by atoms with Crippen molar-refractivity contribution in [3.05, 3.63) is 47.8 Å². The van der Waals surface area contributed by atoms with Gasteiger partial charge in [0.2, 0.25) is 5.91 Å².